The highest BCUT2D eigenvalue weighted by Crippen LogP contribution is 2.36. The van der Waals surface area contributed by atoms with E-state index >= 15 is 0 Å². The van der Waals surface area contributed by atoms with Gasteiger partial charge in [0.05, 0.1) is 31.3 Å². The van der Waals surface area contributed by atoms with Gasteiger partial charge in [-0.15, -0.1) is 0 Å². The Balaban J connectivity index is 1.55. The molecule has 172 valence electrons. The van der Waals surface area contributed by atoms with Crippen LogP contribution in [0.5, 0.6) is 17.2 Å². The van der Waals surface area contributed by atoms with Gasteiger partial charge in [-0.2, -0.15) is 0 Å². The lowest BCUT2D eigenvalue weighted by Gasteiger charge is -2.34. The van der Waals surface area contributed by atoms with Gasteiger partial charge in [-0.1, -0.05) is 36.4 Å². The summed E-state index contributed by atoms with van der Waals surface area (Å²) in [7, 11) is -0.797. The quantitative estimate of drug-likeness (QED) is 0.573. The fourth-order valence-corrected chi connectivity index (χ4v) is 5.08. The Labute approximate surface area is 192 Å². The number of hydrogen-bond donors (Lipinski definition) is 1. The third-order valence-electron chi connectivity index (χ3n) is 5.27. The number of anilines is 1. The maximum Gasteiger partial charge on any atom is 0.264 e. The molecule has 0 saturated carbocycles. The number of benzene rings is 3. The standard InChI is InChI=1S/C24H24N2O6S/c1-30-21-13-12-17(14-22(21)31-2)15-25-24(27)23-16-26(19-10-6-7-11-20(19)32-23)33(28,29)18-8-4-3-5-9-18/h3-14,23H,15-16H2,1-2H3,(H,25,27)/t23-/m0/s1. The number of sulfonamides is 1. The second kappa shape index (κ2) is 9.41. The Bertz CT molecular complexity index is 1250. The average molecular weight is 469 g/mol. The number of hydrogen-bond acceptors (Lipinski definition) is 6. The fourth-order valence-electron chi connectivity index (χ4n) is 3.58. The third kappa shape index (κ3) is 4.58. The lowest BCUT2D eigenvalue weighted by atomic mass is 10.2. The molecule has 1 heterocycles. The summed E-state index contributed by atoms with van der Waals surface area (Å²) < 4.78 is 44.3. The van der Waals surface area contributed by atoms with Gasteiger partial charge in [-0.3, -0.25) is 9.10 Å². The zero-order valence-corrected chi connectivity index (χ0v) is 19.0. The minimum Gasteiger partial charge on any atom is -0.493 e. The van der Waals surface area contributed by atoms with Gasteiger partial charge in [0.2, 0.25) is 0 Å². The maximum atomic E-state index is 13.3. The van der Waals surface area contributed by atoms with Crippen LogP contribution >= 0.6 is 0 Å². The van der Waals surface area contributed by atoms with Crippen molar-refractivity contribution in [1.82, 2.24) is 5.32 Å². The van der Waals surface area contributed by atoms with Gasteiger partial charge in [0.15, 0.2) is 17.6 Å². The predicted molar refractivity (Wildman–Crippen MR) is 123 cm³/mol. The number of nitrogens with one attached hydrogen (secondary N) is 1. The first kappa shape index (κ1) is 22.5. The van der Waals surface area contributed by atoms with E-state index in [-0.39, 0.29) is 18.0 Å². The molecule has 1 aliphatic rings. The van der Waals surface area contributed by atoms with Gasteiger partial charge < -0.3 is 19.5 Å². The second-order valence-corrected chi connectivity index (χ2v) is 9.19. The SMILES string of the molecule is COc1ccc(CNC(=O)[C@@H]2CN(S(=O)(=O)c3ccccc3)c3ccccc3O2)cc1OC. The van der Waals surface area contributed by atoms with Gasteiger partial charge in [-0.05, 0) is 42.0 Å². The number of methoxy groups -OCH3 is 2. The first-order valence-electron chi connectivity index (χ1n) is 10.3. The van der Waals surface area contributed by atoms with E-state index in [9.17, 15) is 13.2 Å². The van der Waals surface area contributed by atoms with Crippen molar-refractivity contribution in [2.24, 2.45) is 0 Å². The number of carbonyl (C=O) groups is 1. The van der Waals surface area contributed by atoms with E-state index in [1.165, 1.54) is 23.5 Å². The predicted octanol–water partition coefficient (Wildman–Crippen LogP) is 2.98. The van der Waals surface area contributed by atoms with Crippen molar-refractivity contribution < 1.29 is 27.4 Å². The second-order valence-electron chi connectivity index (χ2n) is 7.33. The molecule has 9 heteroatoms. The third-order valence-corrected chi connectivity index (χ3v) is 7.07. The van der Waals surface area contributed by atoms with E-state index in [0.717, 1.165) is 5.56 Å². The zero-order valence-electron chi connectivity index (χ0n) is 18.2. The Kier molecular flexibility index (Phi) is 6.41. The molecule has 33 heavy (non-hydrogen) atoms. The molecule has 0 saturated heterocycles. The maximum absolute atomic E-state index is 13.3. The smallest absolute Gasteiger partial charge is 0.264 e. The van der Waals surface area contributed by atoms with Crippen molar-refractivity contribution in [1.29, 1.82) is 0 Å². The normalized spacial score (nSPS) is 15.2. The van der Waals surface area contributed by atoms with Crippen LogP contribution in [-0.4, -0.2) is 41.2 Å². The summed E-state index contributed by atoms with van der Waals surface area (Å²) in [6, 6.07) is 20.2. The number of amides is 1. The molecule has 0 aliphatic carbocycles. The molecular formula is C24H24N2O6S. The van der Waals surface area contributed by atoms with E-state index in [1.807, 2.05) is 6.07 Å². The number of para-hydroxylation sites is 2. The molecule has 8 nitrogen and oxygen atoms in total. The Hall–Kier alpha value is -3.72. The number of fused-ring (bicyclic) bond motifs is 1. The summed E-state index contributed by atoms with van der Waals surface area (Å²) in [4.78, 5) is 13.1. The van der Waals surface area contributed by atoms with Gasteiger partial charge in [0.25, 0.3) is 15.9 Å². The first-order chi connectivity index (χ1) is 15.9. The van der Waals surface area contributed by atoms with Crippen LogP contribution in [0.4, 0.5) is 5.69 Å². The van der Waals surface area contributed by atoms with Crippen LogP contribution in [-0.2, 0) is 21.4 Å². The molecule has 0 radical (unpaired) electrons. The van der Waals surface area contributed by atoms with E-state index in [4.69, 9.17) is 14.2 Å². The molecule has 3 aromatic carbocycles. The van der Waals surface area contributed by atoms with Gasteiger partial charge in [-0.25, -0.2) is 8.42 Å². The van der Waals surface area contributed by atoms with E-state index in [2.05, 4.69) is 5.32 Å². The molecule has 1 atom stereocenters. The summed E-state index contributed by atoms with van der Waals surface area (Å²) >= 11 is 0. The van der Waals surface area contributed by atoms with Crippen LogP contribution in [0.1, 0.15) is 5.56 Å². The largest absolute Gasteiger partial charge is 0.493 e. The van der Waals surface area contributed by atoms with Crippen LogP contribution in [0.25, 0.3) is 0 Å². The van der Waals surface area contributed by atoms with Gasteiger partial charge in [0.1, 0.15) is 5.75 Å². The minimum atomic E-state index is -3.88. The van der Waals surface area contributed by atoms with Crippen molar-refractivity contribution in [2.75, 3.05) is 25.1 Å². The zero-order chi connectivity index (χ0) is 23.4. The van der Waals surface area contributed by atoms with Crippen molar-refractivity contribution in [2.45, 2.75) is 17.5 Å². The summed E-state index contributed by atoms with van der Waals surface area (Å²) in [5, 5.41) is 2.82. The van der Waals surface area contributed by atoms with Crippen LogP contribution < -0.4 is 23.8 Å². The lowest BCUT2D eigenvalue weighted by molar-refractivity contribution is -0.127. The Morgan fingerprint density at radius 2 is 1.70 bits per heavy atom. The van der Waals surface area contributed by atoms with Gasteiger partial charge >= 0.3 is 0 Å². The topological polar surface area (TPSA) is 94.2 Å². The molecule has 1 N–H and O–H groups in total. The molecule has 0 spiro atoms. The van der Waals surface area contributed by atoms with Crippen LogP contribution in [0.2, 0.25) is 0 Å². The minimum absolute atomic E-state index is 0.145. The van der Waals surface area contributed by atoms with Gasteiger partial charge in [0, 0.05) is 6.54 Å². The molecule has 0 fully saturated rings. The number of ether oxygens (including phenoxy) is 3. The van der Waals surface area contributed by atoms with E-state index < -0.39 is 22.0 Å². The Morgan fingerprint density at radius 1 is 1.00 bits per heavy atom. The highest BCUT2D eigenvalue weighted by atomic mass is 32.2. The summed E-state index contributed by atoms with van der Waals surface area (Å²) in [6.45, 7) is 0.0676. The summed E-state index contributed by atoms with van der Waals surface area (Å²) in [5.74, 6) is 1.04. The first-order valence-corrected chi connectivity index (χ1v) is 11.7. The van der Waals surface area contributed by atoms with Crippen LogP contribution in [0.15, 0.2) is 77.7 Å². The van der Waals surface area contributed by atoms with Crippen molar-refractivity contribution in [3.8, 4) is 17.2 Å². The summed E-state index contributed by atoms with van der Waals surface area (Å²) in [6.07, 6.45) is -1.02. The van der Waals surface area contributed by atoms with Crippen molar-refractivity contribution in [3.05, 3.63) is 78.4 Å². The van der Waals surface area contributed by atoms with E-state index in [0.29, 0.717) is 22.9 Å². The fraction of sp³-hybridized carbons (Fsp3) is 0.208. The molecule has 1 amide bonds. The van der Waals surface area contributed by atoms with Crippen molar-refractivity contribution >= 4 is 21.6 Å². The molecule has 1 aliphatic heterocycles. The Morgan fingerprint density at radius 3 is 2.42 bits per heavy atom. The number of carbonyl (C=O) groups excluding carboxylic acids is 1. The monoisotopic (exact) mass is 468 g/mol. The molecular weight excluding hydrogens is 444 g/mol. The highest BCUT2D eigenvalue weighted by Gasteiger charge is 2.37. The van der Waals surface area contributed by atoms with Crippen LogP contribution in [0.3, 0.4) is 0 Å². The molecule has 3 aromatic rings. The number of nitrogens with zero attached hydrogens (tertiary/aromatic N) is 1. The number of rotatable bonds is 7. The molecule has 0 bridgehead atoms. The molecule has 0 unspecified atom stereocenters. The van der Waals surface area contributed by atoms with Crippen molar-refractivity contribution in [3.63, 3.8) is 0 Å². The average Bonchev–Trinajstić information content (AvgIpc) is 2.86. The summed E-state index contributed by atoms with van der Waals surface area (Å²) in [5.41, 5.74) is 1.19. The lowest BCUT2D eigenvalue weighted by Crippen LogP contribution is -2.50. The molecule has 0 aromatic heterocycles. The van der Waals surface area contributed by atoms with Crippen LogP contribution in [0, 0.1) is 0 Å². The molecule has 4 rings (SSSR count). The van der Waals surface area contributed by atoms with E-state index in [1.54, 1.807) is 61.7 Å². The highest BCUT2D eigenvalue weighted by molar-refractivity contribution is 7.92.